The first-order valence-corrected chi connectivity index (χ1v) is 5.96. The van der Waals surface area contributed by atoms with Gasteiger partial charge in [-0.15, -0.1) is 0 Å². The highest BCUT2D eigenvalue weighted by atomic mass is 15.3. The van der Waals surface area contributed by atoms with Gasteiger partial charge in [0.2, 0.25) is 0 Å². The Morgan fingerprint density at radius 3 is 2.36 bits per heavy atom. The monoisotopic (exact) mass is 197 g/mol. The predicted molar refractivity (Wildman–Crippen MR) is 59.5 cm³/mol. The Bertz CT molecular complexity index is 169. The minimum Gasteiger partial charge on any atom is -0.317 e. The van der Waals surface area contributed by atoms with E-state index in [1.807, 2.05) is 0 Å². The van der Waals surface area contributed by atoms with Crippen molar-refractivity contribution in [2.45, 2.75) is 44.8 Å². The van der Waals surface area contributed by atoms with E-state index in [2.05, 4.69) is 29.4 Å². The summed E-state index contributed by atoms with van der Waals surface area (Å²) in [5, 5.41) is 7.16. The second-order valence-corrected chi connectivity index (χ2v) is 4.94. The van der Waals surface area contributed by atoms with Crippen LogP contribution < -0.4 is 10.6 Å². The van der Waals surface area contributed by atoms with Crippen LogP contribution in [-0.4, -0.2) is 49.2 Å². The number of nitrogens with zero attached hydrogens (tertiary/aromatic N) is 1. The Hall–Kier alpha value is -0.120. The fourth-order valence-electron chi connectivity index (χ4n) is 2.36. The molecule has 3 heteroatoms. The summed E-state index contributed by atoms with van der Waals surface area (Å²) in [7, 11) is 0. The van der Waals surface area contributed by atoms with E-state index in [1.165, 1.54) is 39.0 Å². The summed E-state index contributed by atoms with van der Waals surface area (Å²) in [4.78, 5) is 2.53. The number of likely N-dealkylation sites (tertiary alicyclic amines) is 1. The third-order valence-electron chi connectivity index (χ3n) is 3.45. The van der Waals surface area contributed by atoms with Crippen molar-refractivity contribution >= 4 is 0 Å². The molecular weight excluding hydrogens is 174 g/mol. The van der Waals surface area contributed by atoms with Gasteiger partial charge < -0.3 is 10.6 Å². The standard InChI is InChI=1S/C11H23N3/c1-9(2)14-7-11(8-14)13-10-3-5-12-6-4-10/h9-13H,3-8H2,1-2H3. The summed E-state index contributed by atoms with van der Waals surface area (Å²) in [6.07, 6.45) is 2.61. The van der Waals surface area contributed by atoms with Crippen molar-refractivity contribution in [3.63, 3.8) is 0 Å². The highest BCUT2D eigenvalue weighted by Crippen LogP contribution is 2.14. The highest BCUT2D eigenvalue weighted by Gasteiger charge is 2.29. The highest BCUT2D eigenvalue weighted by molar-refractivity contribution is 4.90. The third-order valence-corrected chi connectivity index (χ3v) is 3.45. The molecule has 3 nitrogen and oxygen atoms in total. The SMILES string of the molecule is CC(C)N1CC(NC2CCNCC2)C1. The molecular formula is C11H23N3. The second kappa shape index (κ2) is 4.60. The minimum absolute atomic E-state index is 0.723. The first-order chi connectivity index (χ1) is 6.75. The van der Waals surface area contributed by atoms with E-state index >= 15 is 0 Å². The van der Waals surface area contributed by atoms with Gasteiger partial charge in [-0.2, -0.15) is 0 Å². The van der Waals surface area contributed by atoms with E-state index < -0.39 is 0 Å². The van der Waals surface area contributed by atoms with Crippen LogP contribution in [0.1, 0.15) is 26.7 Å². The van der Waals surface area contributed by atoms with Crippen LogP contribution in [-0.2, 0) is 0 Å². The molecule has 2 aliphatic rings. The molecule has 2 rings (SSSR count). The summed E-state index contributed by atoms with van der Waals surface area (Å²) in [6.45, 7) is 9.45. The molecule has 0 amide bonds. The fraction of sp³-hybridized carbons (Fsp3) is 1.00. The molecule has 2 fully saturated rings. The molecule has 0 aromatic carbocycles. The molecule has 0 aromatic heterocycles. The molecule has 2 aliphatic heterocycles. The van der Waals surface area contributed by atoms with E-state index in [4.69, 9.17) is 0 Å². The van der Waals surface area contributed by atoms with Gasteiger partial charge in [-0.1, -0.05) is 0 Å². The first kappa shape index (κ1) is 10.4. The molecule has 0 aliphatic carbocycles. The zero-order valence-corrected chi connectivity index (χ0v) is 9.42. The lowest BCUT2D eigenvalue weighted by Gasteiger charge is -2.44. The van der Waals surface area contributed by atoms with Crippen LogP contribution in [0, 0.1) is 0 Å². The summed E-state index contributed by atoms with van der Waals surface area (Å²) >= 11 is 0. The maximum Gasteiger partial charge on any atom is 0.0325 e. The summed E-state index contributed by atoms with van der Waals surface area (Å²) in [5.41, 5.74) is 0. The van der Waals surface area contributed by atoms with Crippen LogP contribution in [0.2, 0.25) is 0 Å². The molecule has 0 aromatic rings. The van der Waals surface area contributed by atoms with Gasteiger partial charge in [0.15, 0.2) is 0 Å². The Morgan fingerprint density at radius 2 is 1.79 bits per heavy atom. The lowest BCUT2D eigenvalue weighted by atomic mass is 10.0. The number of hydrogen-bond acceptors (Lipinski definition) is 3. The minimum atomic E-state index is 0.723. The van der Waals surface area contributed by atoms with Crippen molar-refractivity contribution < 1.29 is 0 Å². The Balaban J connectivity index is 1.63. The predicted octanol–water partition coefficient (Wildman–Crippen LogP) is 0.421. The molecule has 2 heterocycles. The van der Waals surface area contributed by atoms with Gasteiger partial charge in [0.25, 0.3) is 0 Å². The number of rotatable bonds is 3. The van der Waals surface area contributed by atoms with Gasteiger partial charge in [-0.3, -0.25) is 4.90 Å². The van der Waals surface area contributed by atoms with Crippen LogP contribution in [0.25, 0.3) is 0 Å². The molecule has 14 heavy (non-hydrogen) atoms. The lowest BCUT2D eigenvalue weighted by Crippen LogP contribution is -2.62. The van der Waals surface area contributed by atoms with E-state index in [-0.39, 0.29) is 0 Å². The molecule has 2 N–H and O–H groups in total. The van der Waals surface area contributed by atoms with Crippen molar-refractivity contribution in [1.82, 2.24) is 15.5 Å². The Morgan fingerprint density at radius 1 is 1.14 bits per heavy atom. The molecule has 0 saturated carbocycles. The fourth-order valence-corrected chi connectivity index (χ4v) is 2.36. The smallest absolute Gasteiger partial charge is 0.0325 e. The van der Waals surface area contributed by atoms with Gasteiger partial charge in [-0.05, 0) is 39.8 Å². The van der Waals surface area contributed by atoms with Crippen LogP contribution in [0.3, 0.4) is 0 Å². The number of piperidine rings is 1. The maximum atomic E-state index is 3.76. The zero-order valence-electron chi connectivity index (χ0n) is 9.42. The van der Waals surface area contributed by atoms with Crippen molar-refractivity contribution in [2.24, 2.45) is 0 Å². The van der Waals surface area contributed by atoms with E-state index in [0.717, 1.165) is 18.1 Å². The van der Waals surface area contributed by atoms with E-state index in [0.29, 0.717) is 0 Å². The Labute approximate surface area is 87.2 Å². The van der Waals surface area contributed by atoms with Crippen molar-refractivity contribution in [3.05, 3.63) is 0 Å². The Kier molecular flexibility index (Phi) is 3.42. The quantitative estimate of drug-likeness (QED) is 0.687. The summed E-state index contributed by atoms with van der Waals surface area (Å²) in [5.74, 6) is 0. The largest absolute Gasteiger partial charge is 0.317 e. The molecule has 0 unspecified atom stereocenters. The van der Waals surface area contributed by atoms with Gasteiger partial charge in [-0.25, -0.2) is 0 Å². The van der Waals surface area contributed by atoms with Crippen molar-refractivity contribution in [3.8, 4) is 0 Å². The van der Waals surface area contributed by atoms with Crippen molar-refractivity contribution in [1.29, 1.82) is 0 Å². The van der Waals surface area contributed by atoms with Gasteiger partial charge in [0.1, 0.15) is 0 Å². The number of nitrogens with one attached hydrogen (secondary N) is 2. The average molecular weight is 197 g/mol. The summed E-state index contributed by atoms with van der Waals surface area (Å²) < 4.78 is 0. The summed E-state index contributed by atoms with van der Waals surface area (Å²) in [6, 6.07) is 2.26. The molecule has 0 bridgehead atoms. The zero-order chi connectivity index (χ0) is 9.97. The normalized spacial score (nSPS) is 26.8. The molecule has 0 spiro atoms. The van der Waals surface area contributed by atoms with Gasteiger partial charge >= 0.3 is 0 Å². The van der Waals surface area contributed by atoms with Crippen molar-refractivity contribution in [2.75, 3.05) is 26.2 Å². The van der Waals surface area contributed by atoms with Crippen LogP contribution in [0.5, 0.6) is 0 Å². The molecule has 0 atom stereocenters. The van der Waals surface area contributed by atoms with E-state index in [1.54, 1.807) is 0 Å². The van der Waals surface area contributed by atoms with Crippen LogP contribution in [0.15, 0.2) is 0 Å². The molecule has 2 saturated heterocycles. The molecule has 82 valence electrons. The molecule has 0 radical (unpaired) electrons. The maximum absolute atomic E-state index is 3.76. The third kappa shape index (κ3) is 2.47. The first-order valence-electron chi connectivity index (χ1n) is 5.96. The van der Waals surface area contributed by atoms with E-state index in [9.17, 15) is 0 Å². The van der Waals surface area contributed by atoms with Gasteiger partial charge in [0.05, 0.1) is 0 Å². The second-order valence-electron chi connectivity index (χ2n) is 4.94. The van der Waals surface area contributed by atoms with Gasteiger partial charge in [0, 0.05) is 31.2 Å². The topological polar surface area (TPSA) is 27.3 Å². The lowest BCUT2D eigenvalue weighted by molar-refractivity contribution is 0.0821. The number of hydrogen-bond donors (Lipinski definition) is 2. The average Bonchev–Trinajstić information content (AvgIpc) is 2.12. The van der Waals surface area contributed by atoms with Crippen LogP contribution in [0.4, 0.5) is 0 Å². The van der Waals surface area contributed by atoms with Crippen LogP contribution >= 0.6 is 0 Å².